The number of rotatable bonds is 9. The number of hydrogen-bond acceptors (Lipinski definition) is 7. The van der Waals surface area contributed by atoms with E-state index in [9.17, 15) is 23.1 Å². The van der Waals surface area contributed by atoms with Crippen molar-refractivity contribution in [2.75, 3.05) is 20.3 Å². The minimum absolute atomic E-state index is 0.0423. The first-order chi connectivity index (χ1) is 21.4. The highest BCUT2D eigenvalue weighted by Gasteiger charge is 2.39. The van der Waals surface area contributed by atoms with E-state index in [0.717, 1.165) is 18.6 Å². The minimum atomic E-state index is -4.70. The van der Waals surface area contributed by atoms with Crippen LogP contribution in [0.15, 0.2) is 36.4 Å². The number of hydrogen-bond donors (Lipinski definition) is 1. The van der Waals surface area contributed by atoms with Crippen LogP contribution in [0.4, 0.5) is 17.6 Å². The number of benzene rings is 2. The molecule has 2 aromatic carbocycles. The highest BCUT2D eigenvalue weighted by Crippen LogP contribution is 2.40. The number of pyridine rings is 1. The summed E-state index contributed by atoms with van der Waals surface area (Å²) in [4.78, 5) is 22.6. The van der Waals surface area contributed by atoms with Gasteiger partial charge in [0.05, 0.1) is 49.1 Å². The molecule has 1 N–H and O–H groups in total. The summed E-state index contributed by atoms with van der Waals surface area (Å²) in [5.41, 5.74) is 0.590. The van der Waals surface area contributed by atoms with Crippen LogP contribution in [0.25, 0.3) is 11.0 Å². The van der Waals surface area contributed by atoms with Crippen LogP contribution < -0.4 is 9.47 Å². The lowest BCUT2D eigenvalue weighted by atomic mass is 9.97. The van der Waals surface area contributed by atoms with Crippen molar-refractivity contribution < 1.29 is 41.7 Å². The molecule has 2 aliphatic rings. The van der Waals surface area contributed by atoms with Crippen LogP contribution in [-0.2, 0) is 37.0 Å². The minimum Gasteiger partial charge on any atom is -0.496 e. The van der Waals surface area contributed by atoms with Crippen LogP contribution in [0.2, 0.25) is 5.02 Å². The van der Waals surface area contributed by atoms with Crippen molar-refractivity contribution in [1.29, 1.82) is 0 Å². The van der Waals surface area contributed by atoms with E-state index in [1.807, 2.05) is 11.8 Å². The predicted octanol–water partition coefficient (Wildman–Crippen LogP) is 6.44. The van der Waals surface area contributed by atoms with Crippen LogP contribution in [0.3, 0.4) is 0 Å². The summed E-state index contributed by atoms with van der Waals surface area (Å²) in [5.74, 6) is -1.71. The van der Waals surface area contributed by atoms with Crippen molar-refractivity contribution in [3.05, 3.63) is 81.0 Å². The Morgan fingerprint density at radius 2 is 1.98 bits per heavy atom. The van der Waals surface area contributed by atoms with Crippen molar-refractivity contribution in [2.45, 2.75) is 57.8 Å². The molecule has 0 radical (unpaired) electrons. The van der Waals surface area contributed by atoms with E-state index >= 15 is 4.39 Å². The van der Waals surface area contributed by atoms with Gasteiger partial charge in [-0.05, 0) is 55.7 Å². The standard InChI is InChI=1S/C31H29ClF4N4O5/c1-16-27-17(9-22(31(34,35)36)29(38-27)45-15-18-3-4-20(32)12-25(18)43-2)5-7-39(16)14-26-37-28-23(33)10-19(30(41)42)11-24(28)40(26)13-21-6-8-44-21/h3-4,9-12,16,21H,5-8,13-15H2,1-2H3,(H,41,42)/t16-,21-/m0/s1. The molecule has 6 rings (SSSR count). The topological polar surface area (TPSA) is 98.9 Å². The summed E-state index contributed by atoms with van der Waals surface area (Å²) in [6.45, 7) is 3.15. The van der Waals surface area contributed by atoms with E-state index in [1.165, 1.54) is 13.2 Å². The zero-order valence-corrected chi connectivity index (χ0v) is 25.1. The van der Waals surface area contributed by atoms with Crippen molar-refractivity contribution >= 4 is 28.6 Å². The maximum absolute atomic E-state index is 15.0. The van der Waals surface area contributed by atoms with Crippen LogP contribution in [-0.4, -0.2) is 56.9 Å². The molecule has 2 atom stereocenters. The number of aromatic nitrogens is 3. The average molecular weight is 649 g/mol. The number of carbonyl (C=O) groups is 1. The molecule has 4 aromatic rings. The summed E-state index contributed by atoms with van der Waals surface area (Å²) in [6, 6.07) is 7.72. The zero-order chi connectivity index (χ0) is 32.0. The number of alkyl halides is 3. The first-order valence-electron chi connectivity index (χ1n) is 14.3. The molecule has 4 heterocycles. The highest BCUT2D eigenvalue weighted by molar-refractivity contribution is 6.30. The third-order valence-electron chi connectivity index (χ3n) is 8.29. The molecule has 0 amide bonds. The molecule has 2 aliphatic heterocycles. The molecule has 14 heteroatoms. The van der Waals surface area contributed by atoms with Crippen molar-refractivity contribution in [3.8, 4) is 11.6 Å². The second-order valence-corrected chi connectivity index (χ2v) is 11.5. The number of carboxylic acids is 1. The number of imidazole rings is 1. The van der Waals surface area contributed by atoms with Crippen molar-refractivity contribution in [1.82, 2.24) is 19.4 Å². The summed E-state index contributed by atoms with van der Waals surface area (Å²) < 4.78 is 75.8. The van der Waals surface area contributed by atoms with Gasteiger partial charge in [-0.2, -0.15) is 13.2 Å². The van der Waals surface area contributed by atoms with Crippen LogP contribution in [0.5, 0.6) is 11.6 Å². The number of fused-ring (bicyclic) bond motifs is 2. The van der Waals surface area contributed by atoms with Gasteiger partial charge in [0, 0.05) is 23.7 Å². The lowest BCUT2D eigenvalue weighted by Crippen LogP contribution is -2.36. The van der Waals surface area contributed by atoms with Crippen molar-refractivity contribution in [3.63, 3.8) is 0 Å². The number of ether oxygens (including phenoxy) is 3. The van der Waals surface area contributed by atoms with Crippen molar-refractivity contribution in [2.24, 2.45) is 0 Å². The summed E-state index contributed by atoms with van der Waals surface area (Å²) in [5, 5.41) is 9.91. The Labute approximate surface area is 260 Å². The van der Waals surface area contributed by atoms with E-state index < -0.39 is 35.4 Å². The monoisotopic (exact) mass is 648 g/mol. The van der Waals surface area contributed by atoms with E-state index in [4.69, 9.17) is 25.8 Å². The summed E-state index contributed by atoms with van der Waals surface area (Å²) in [6.07, 6.45) is -3.75. The van der Waals surface area contributed by atoms with Gasteiger partial charge in [0.25, 0.3) is 0 Å². The zero-order valence-electron chi connectivity index (χ0n) is 24.3. The Morgan fingerprint density at radius 3 is 2.64 bits per heavy atom. The third-order valence-corrected chi connectivity index (χ3v) is 8.52. The molecule has 1 saturated heterocycles. The average Bonchev–Trinajstić information content (AvgIpc) is 3.32. The molecule has 45 heavy (non-hydrogen) atoms. The van der Waals surface area contributed by atoms with Gasteiger partial charge >= 0.3 is 12.1 Å². The lowest BCUT2D eigenvalue weighted by molar-refractivity contribution is -0.139. The van der Waals surface area contributed by atoms with E-state index in [-0.39, 0.29) is 36.8 Å². The fourth-order valence-corrected chi connectivity index (χ4v) is 5.91. The number of halogens is 5. The second kappa shape index (κ2) is 12.1. The van der Waals surface area contributed by atoms with Gasteiger partial charge in [0.2, 0.25) is 5.88 Å². The Hall–Kier alpha value is -3.94. The quantitative estimate of drug-likeness (QED) is 0.207. The van der Waals surface area contributed by atoms with Gasteiger partial charge in [-0.25, -0.2) is 19.2 Å². The smallest absolute Gasteiger partial charge is 0.421 e. The number of nitrogens with zero attached hydrogens (tertiary/aromatic N) is 4. The van der Waals surface area contributed by atoms with Gasteiger partial charge in [-0.1, -0.05) is 17.7 Å². The molecule has 1 fully saturated rings. The molecule has 238 valence electrons. The Morgan fingerprint density at radius 1 is 1.20 bits per heavy atom. The van der Waals surface area contributed by atoms with E-state index in [2.05, 4.69) is 9.97 Å². The normalized spacial score (nSPS) is 18.5. The van der Waals surface area contributed by atoms with Crippen LogP contribution >= 0.6 is 11.6 Å². The maximum atomic E-state index is 15.0. The van der Waals surface area contributed by atoms with E-state index in [1.54, 1.807) is 22.8 Å². The Kier molecular flexibility index (Phi) is 8.35. The molecule has 2 aromatic heterocycles. The lowest BCUT2D eigenvalue weighted by Gasteiger charge is -2.35. The van der Waals surface area contributed by atoms with Gasteiger partial charge in [0.15, 0.2) is 5.82 Å². The van der Waals surface area contributed by atoms with Gasteiger partial charge in [-0.3, -0.25) is 4.90 Å². The van der Waals surface area contributed by atoms with Crippen LogP contribution in [0.1, 0.15) is 58.0 Å². The van der Waals surface area contributed by atoms with Gasteiger partial charge in [-0.15, -0.1) is 0 Å². The third kappa shape index (κ3) is 6.16. The number of methoxy groups -OCH3 is 1. The fourth-order valence-electron chi connectivity index (χ4n) is 5.75. The molecular weight excluding hydrogens is 620 g/mol. The van der Waals surface area contributed by atoms with Crippen LogP contribution in [0, 0.1) is 5.82 Å². The number of carboxylic acid groups (broad SMARTS) is 1. The number of aromatic carboxylic acids is 1. The predicted molar refractivity (Wildman–Crippen MR) is 155 cm³/mol. The first kappa shape index (κ1) is 31.1. The molecule has 0 aliphatic carbocycles. The van der Waals surface area contributed by atoms with E-state index in [0.29, 0.717) is 58.6 Å². The molecule has 0 spiro atoms. The molecule has 0 unspecified atom stereocenters. The molecule has 0 saturated carbocycles. The largest absolute Gasteiger partial charge is 0.496 e. The molecule has 9 nitrogen and oxygen atoms in total. The molecular formula is C31H29ClF4N4O5. The van der Waals surface area contributed by atoms with Gasteiger partial charge in [0.1, 0.15) is 29.3 Å². The summed E-state index contributed by atoms with van der Waals surface area (Å²) in [7, 11) is 1.43. The summed E-state index contributed by atoms with van der Waals surface area (Å²) >= 11 is 6.02. The fraction of sp³-hybridized carbons (Fsp3) is 0.387. The Bertz CT molecular complexity index is 1780. The molecule has 0 bridgehead atoms. The Balaban J connectivity index is 1.32. The van der Waals surface area contributed by atoms with Gasteiger partial charge < -0.3 is 23.9 Å². The highest BCUT2D eigenvalue weighted by atomic mass is 35.5. The maximum Gasteiger partial charge on any atom is 0.421 e. The SMILES string of the molecule is COc1cc(Cl)ccc1COc1nc2c(cc1C(F)(F)F)CCN(Cc1nc3c(F)cc(C(=O)O)cc3n1C[C@@H]1CCO1)[C@H]2C. The second-order valence-electron chi connectivity index (χ2n) is 11.1. The first-order valence-corrected chi connectivity index (χ1v) is 14.6.